The highest BCUT2D eigenvalue weighted by Gasteiger charge is 2.21. The van der Waals surface area contributed by atoms with E-state index in [0.717, 1.165) is 27.8 Å². The van der Waals surface area contributed by atoms with Crippen LogP contribution in [0.2, 0.25) is 5.02 Å². The maximum atomic E-state index is 13.2. The highest BCUT2D eigenvalue weighted by Crippen LogP contribution is 2.27. The fourth-order valence-corrected chi connectivity index (χ4v) is 3.84. The molecule has 0 fully saturated rings. The average Bonchev–Trinajstić information content (AvgIpc) is 3.28. The highest BCUT2D eigenvalue weighted by atomic mass is 35.5. The molecule has 0 aliphatic carbocycles. The van der Waals surface area contributed by atoms with Crippen molar-refractivity contribution >= 4 is 40.0 Å². The zero-order valence-electron chi connectivity index (χ0n) is 20.6. The number of nitrogens with one attached hydrogen (secondary N) is 2. The van der Waals surface area contributed by atoms with Crippen LogP contribution in [0.25, 0.3) is 16.6 Å². The number of methoxy groups -OCH3 is 1. The summed E-state index contributed by atoms with van der Waals surface area (Å²) in [6.45, 7) is 6.27. The lowest BCUT2D eigenvalue weighted by Gasteiger charge is -2.18. The minimum atomic E-state index is -0.502. The minimum Gasteiger partial charge on any atom is -0.378 e. The molecule has 2 aromatic carbocycles. The fraction of sp³-hybridized carbons (Fsp3) is 0.259. The lowest BCUT2D eigenvalue weighted by Crippen LogP contribution is -2.34. The average molecular weight is 506 g/mol. The Hall–Kier alpha value is -3.75. The second kappa shape index (κ2) is 10.5. The Morgan fingerprint density at radius 3 is 2.58 bits per heavy atom. The van der Waals surface area contributed by atoms with Gasteiger partial charge in [0.15, 0.2) is 0 Å². The molecule has 8 nitrogen and oxygen atoms in total. The van der Waals surface area contributed by atoms with E-state index in [2.05, 4.69) is 20.7 Å². The van der Waals surface area contributed by atoms with Gasteiger partial charge < -0.3 is 15.4 Å². The standard InChI is InChI=1S/C27H28ClN5O3/c1-27(2,3)26(35)30-13-17-8-11-22(28)20(12-17)25(34)32-23-6-5-7-24-21(23)15-31-33(24)19-10-9-18(16-36-4)29-14-19/h5-12,14-15H,13,16H2,1-4H3,(H,30,35)(H,32,34). The number of hydrogen-bond donors (Lipinski definition) is 2. The van der Waals surface area contributed by atoms with Crippen molar-refractivity contribution in [3.8, 4) is 5.69 Å². The van der Waals surface area contributed by atoms with Crippen molar-refractivity contribution in [2.45, 2.75) is 33.9 Å². The Kier molecular flexibility index (Phi) is 7.37. The molecule has 0 spiro atoms. The van der Waals surface area contributed by atoms with Gasteiger partial charge in [0.05, 0.1) is 52.2 Å². The molecule has 0 unspecified atom stereocenters. The molecule has 186 valence electrons. The number of anilines is 1. The fourth-order valence-electron chi connectivity index (χ4n) is 3.63. The predicted octanol–water partition coefficient (Wildman–Crippen LogP) is 5.13. The molecule has 0 saturated heterocycles. The molecule has 2 N–H and O–H groups in total. The molecule has 36 heavy (non-hydrogen) atoms. The predicted molar refractivity (Wildman–Crippen MR) is 140 cm³/mol. The van der Waals surface area contributed by atoms with Crippen molar-refractivity contribution in [2.24, 2.45) is 5.41 Å². The molecular formula is C27H28ClN5O3. The highest BCUT2D eigenvalue weighted by molar-refractivity contribution is 6.34. The Balaban J connectivity index is 1.56. The van der Waals surface area contributed by atoms with E-state index in [-0.39, 0.29) is 11.8 Å². The summed E-state index contributed by atoms with van der Waals surface area (Å²) in [5, 5.41) is 11.4. The molecule has 2 aromatic heterocycles. The van der Waals surface area contributed by atoms with Crippen molar-refractivity contribution in [1.29, 1.82) is 0 Å². The zero-order valence-corrected chi connectivity index (χ0v) is 21.4. The number of halogens is 1. The quantitative estimate of drug-likeness (QED) is 0.362. The van der Waals surface area contributed by atoms with Gasteiger partial charge in [-0.15, -0.1) is 0 Å². The van der Waals surface area contributed by atoms with Gasteiger partial charge in [0, 0.05) is 24.5 Å². The lowest BCUT2D eigenvalue weighted by atomic mass is 9.95. The molecule has 4 aromatic rings. The summed E-state index contributed by atoms with van der Waals surface area (Å²) >= 11 is 6.35. The van der Waals surface area contributed by atoms with Gasteiger partial charge in [-0.2, -0.15) is 5.10 Å². The van der Waals surface area contributed by atoms with Crippen LogP contribution in [0.1, 0.15) is 42.4 Å². The molecule has 0 aliphatic rings. The molecule has 0 aliphatic heterocycles. The topological polar surface area (TPSA) is 98.1 Å². The van der Waals surface area contributed by atoms with Crippen LogP contribution in [0.15, 0.2) is 60.9 Å². The number of carbonyl (C=O) groups is 2. The van der Waals surface area contributed by atoms with E-state index < -0.39 is 5.41 Å². The summed E-state index contributed by atoms with van der Waals surface area (Å²) in [7, 11) is 1.63. The molecule has 0 radical (unpaired) electrons. The monoisotopic (exact) mass is 505 g/mol. The first kappa shape index (κ1) is 25.3. The Labute approximate surface area is 214 Å². The Morgan fingerprint density at radius 2 is 1.89 bits per heavy atom. The third-order valence-corrected chi connectivity index (χ3v) is 5.95. The van der Waals surface area contributed by atoms with Crippen LogP contribution < -0.4 is 10.6 Å². The molecule has 0 atom stereocenters. The van der Waals surface area contributed by atoms with Crippen LogP contribution in [0.3, 0.4) is 0 Å². The number of rotatable bonds is 7. The number of nitrogens with zero attached hydrogens (tertiary/aromatic N) is 3. The summed E-state index contributed by atoms with van der Waals surface area (Å²) in [6, 6.07) is 14.5. The first-order valence-electron chi connectivity index (χ1n) is 11.5. The van der Waals surface area contributed by atoms with Gasteiger partial charge in [0.2, 0.25) is 5.91 Å². The van der Waals surface area contributed by atoms with Crippen LogP contribution in [0.4, 0.5) is 5.69 Å². The SMILES string of the molecule is COCc1ccc(-n2ncc3c(NC(=O)c4cc(CNC(=O)C(C)(C)C)ccc4Cl)cccc32)cn1. The lowest BCUT2D eigenvalue weighted by molar-refractivity contribution is -0.128. The molecule has 0 bridgehead atoms. The molecule has 2 amide bonds. The van der Waals surface area contributed by atoms with Crippen molar-refractivity contribution in [3.05, 3.63) is 82.8 Å². The number of hydrogen-bond acceptors (Lipinski definition) is 5. The largest absolute Gasteiger partial charge is 0.378 e. The van der Waals surface area contributed by atoms with E-state index in [4.69, 9.17) is 16.3 Å². The maximum absolute atomic E-state index is 13.2. The van der Waals surface area contributed by atoms with Crippen LogP contribution in [0, 0.1) is 5.41 Å². The number of pyridine rings is 1. The van der Waals surface area contributed by atoms with Gasteiger partial charge in [-0.05, 0) is 42.0 Å². The molecule has 2 heterocycles. The summed E-state index contributed by atoms with van der Waals surface area (Å²) in [5.74, 6) is -0.425. The summed E-state index contributed by atoms with van der Waals surface area (Å²) in [5.41, 5.74) is 3.63. The molecular weight excluding hydrogens is 478 g/mol. The van der Waals surface area contributed by atoms with Gasteiger partial charge >= 0.3 is 0 Å². The summed E-state index contributed by atoms with van der Waals surface area (Å²) < 4.78 is 6.88. The van der Waals surface area contributed by atoms with Crippen molar-refractivity contribution in [2.75, 3.05) is 12.4 Å². The third-order valence-electron chi connectivity index (χ3n) is 5.62. The minimum absolute atomic E-state index is 0.0734. The third kappa shape index (κ3) is 5.56. The van der Waals surface area contributed by atoms with Crippen LogP contribution in [0.5, 0.6) is 0 Å². The first-order valence-corrected chi connectivity index (χ1v) is 11.8. The van der Waals surface area contributed by atoms with E-state index >= 15 is 0 Å². The number of ether oxygens (including phenoxy) is 1. The van der Waals surface area contributed by atoms with Crippen LogP contribution >= 0.6 is 11.6 Å². The van der Waals surface area contributed by atoms with E-state index in [1.165, 1.54) is 0 Å². The van der Waals surface area contributed by atoms with Crippen molar-refractivity contribution < 1.29 is 14.3 Å². The van der Waals surface area contributed by atoms with Crippen LogP contribution in [-0.2, 0) is 22.7 Å². The van der Waals surface area contributed by atoms with E-state index in [1.54, 1.807) is 42.4 Å². The first-order chi connectivity index (χ1) is 17.2. The summed E-state index contributed by atoms with van der Waals surface area (Å²) in [6.07, 6.45) is 3.43. The number of carbonyl (C=O) groups excluding carboxylic acids is 2. The van der Waals surface area contributed by atoms with Gasteiger partial charge in [0.1, 0.15) is 0 Å². The van der Waals surface area contributed by atoms with Gasteiger partial charge in [0.25, 0.3) is 5.91 Å². The second-order valence-corrected chi connectivity index (χ2v) is 9.84. The molecule has 9 heteroatoms. The smallest absolute Gasteiger partial charge is 0.257 e. The Bertz CT molecular complexity index is 1410. The zero-order chi connectivity index (χ0) is 25.9. The summed E-state index contributed by atoms with van der Waals surface area (Å²) in [4.78, 5) is 29.8. The molecule has 0 saturated carbocycles. The van der Waals surface area contributed by atoms with Crippen LogP contribution in [-0.4, -0.2) is 33.7 Å². The van der Waals surface area contributed by atoms with Gasteiger partial charge in [-0.25, -0.2) is 4.68 Å². The van der Waals surface area contributed by atoms with Crippen molar-refractivity contribution in [3.63, 3.8) is 0 Å². The number of amides is 2. The van der Waals surface area contributed by atoms with Gasteiger partial charge in [-0.3, -0.25) is 14.6 Å². The second-order valence-electron chi connectivity index (χ2n) is 9.44. The van der Waals surface area contributed by atoms with E-state index in [0.29, 0.717) is 29.4 Å². The number of aromatic nitrogens is 3. The normalized spacial score (nSPS) is 11.5. The van der Waals surface area contributed by atoms with Gasteiger partial charge in [-0.1, -0.05) is 44.5 Å². The van der Waals surface area contributed by atoms with Crippen molar-refractivity contribution in [1.82, 2.24) is 20.1 Å². The molecule has 4 rings (SSSR count). The number of benzene rings is 2. The van der Waals surface area contributed by atoms with E-state index in [9.17, 15) is 9.59 Å². The van der Waals surface area contributed by atoms with E-state index in [1.807, 2.05) is 51.1 Å². The maximum Gasteiger partial charge on any atom is 0.257 e. The Morgan fingerprint density at radius 1 is 1.08 bits per heavy atom. The number of fused-ring (bicyclic) bond motifs is 1.